The van der Waals surface area contributed by atoms with Crippen molar-refractivity contribution in [3.8, 4) is 10.6 Å². The molecule has 3 heteroatoms. The average molecular weight is 272 g/mol. The lowest BCUT2D eigenvalue weighted by Crippen LogP contribution is -2.14. The Bertz CT molecular complexity index is 553. The number of aromatic nitrogens is 1. The fourth-order valence-electron chi connectivity index (χ4n) is 2.12. The van der Waals surface area contributed by atoms with Crippen LogP contribution >= 0.6 is 11.3 Å². The summed E-state index contributed by atoms with van der Waals surface area (Å²) in [5.74, 6) is 0. The Balaban J connectivity index is 1.77. The SMILES string of the molecule is CCc1ccc(-c2nc(C)c(CNC3CC3)s2)cc1. The van der Waals surface area contributed by atoms with Crippen molar-refractivity contribution in [1.82, 2.24) is 10.3 Å². The Morgan fingerprint density at radius 3 is 2.63 bits per heavy atom. The first-order valence-electron chi connectivity index (χ1n) is 7.05. The minimum absolute atomic E-state index is 0.758. The third-order valence-corrected chi connectivity index (χ3v) is 4.84. The number of rotatable bonds is 5. The van der Waals surface area contributed by atoms with Crippen LogP contribution in [-0.4, -0.2) is 11.0 Å². The van der Waals surface area contributed by atoms with E-state index < -0.39 is 0 Å². The molecule has 0 atom stereocenters. The number of nitrogens with one attached hydrogen (secondary N) is 1. The van der Waals surface area contributed by atoms with Gasteiger partial charge in [-0.2, -0.15) is 0 Å². The van der Waals surface area contributed by atoms with Gasteiger partial charge in [-0.25, -0.2) is 4.98 Å². The van der Waals surface area contributed by atoms with E-state index in [1.807, 2.05) is 11.3 Å². The van der Waals surface area contributed by atoms with Gasteiger partial charge in [0, 0.05) is 23.0 Å². The van der Waals surface area contributed by atoms with Gasteiger partial charge < -0.3 is 5.32 Å². The van der Waals surface area contributed by atoms with Crippen LogP contribution in [0.1, 0.15) is 35.9 Å². The lowest BCUT2D eigenvalue weighted by atomic mass is 10.1. The van der Waals surface area contributed by atoms with Gasteiger partial charge in [0.25, 0.3) is 0 Å². The van der Waals surface area contributed by atoms with Gasteiger partial charge in [0.1, 0.15) is 5.01 Å². The van der Waals surface area contributed by atoms with Gasteiger partial charge in [-0.3, -0.25) is 0 Å². The Hall–Kier alpha value is -1.19. The highest BCUT2D eigenvalue weighted by Gasteiger charge is 2.21. The van der Waals surface area contributed by atoms with Crippen molar-refractivity contribution in [3.05, 3.63) is 40.4 Å². The summed E-state index contributed by atoms with van der Waals surface area (Å²) in [6.45, 7) is 5.27. The Labute approximate surface area is 118 Å². The Morgan fingerprint density at radius 2 is 2.00 bits per heavy atom. The predicted octanol–water partition coefficient (Wildman–Crippen LogP) is 3.93. The Morgan fingerprint density at radius 1 is 1.26 bits per heavy atom. The van der Waals surface area contributed by atoms with Crippen molar-refractivity contribution in [1.29, 1.82) is 0 Å². The van der Waals surface area contributed by atoms with Crippen LogP contribution in [0.15, 0.2) is 24.3 Å². The first-order chi connectivity index (χ1) is 9.26. The maximum Gasteiger partial charge on any atom is 0.123 e. The van der Waals surface area contributed by atoms with Crippen LogP contribution in [0, 0.1) is 6.92 Å². The number of benzene rings is 1. The maximum atomic E-state index is 4.71. The van der Waals surface area contributed by atoms with Gasteiger partial charge >= 0.3 is 0 Å². The van der Waals surface area contributed by atoms with E-state index in [1.165, 1.54) is 34.5 Å². The lowest BCUT2D eigenvalue weighted by molar-refractivity contribution is 0.691. The van der Waals surface area contributed by atoms with Gasteiger partial charge in [0.2, 0.25) is 0 Å². The number of aryl methyl sites for hydroxylation is 2. The smallest absolute Gasteiger partial charge is 0.123 e. The molecule has 0 unspecified atom stereocenters. The summed E-state index contributed by atoms with van der Waals surface area (Å²) in [5.41, 5.74) is 3.79. The minimum atomic E-state index is 0.758. The second-order valence-corrected chi connectivity index (χ2v) is 6.32. The fourth-order valence-corrected chi connectivity index (χ4v) is 3.14. The number of thiazole rings is 1. The van der Waals surface area contributed by atoms with E-state index in [2.05, 4.69) is 43.4 Å². The van der Waals surface area contributed by atoms with E-state index in [-0.39, 0.29) is 0 Å². The largest absolute Gasteiger partial charge is 0.309 e. The van der Waals surface area contributed by atoms with Crippen molar-refractivity contribution >= 4 is 11.3 Å². The summed E-state index contributed by atoms with van der Waals surface area (Å²) in [6, 6.07) is 9.54. The molecule has 0 aliphatic heterocycles. The van der Waals surface area contributed by atoms with Gasteiger partial charge in [0.05, 0.1) is 5.69 Å². The minimum Gasteiger partial charge on any atom is -0.309 e. The zero-order chi connectivity index (χ0) is 13.2. The maximum absolute atomic E-state index is 4.71. The summed E-state index contributed by atoms with van der Waals surface area (Å²) in [7, 11) is 0. The van der Waals surface area contributed by atoms with Crippen LogP contribution in [0.25, 0.3) is 10.6 Å². The third-order valence-electron chi connectivity index (χ3n) is 3.63. The molecule has 1 heterocycles. The van der Waals surface area contributed by atoms with Crippen molar-refractivity contribution in [2.24, 2.45) is 0 Å². The molecule has 1 N–H and O–H groups in total. The number of hydrogen-bond acceptors (Lipinski definition) is 3. The molecule has 0 saturated heterocycles. The highest BCUT2D eigenvalue weighted by Crippen LogP contribution is 2.29. The summed E-state index contributed by atoms with van der Waals surface area (Å²) in [4.78, 5) is 6.09. The first kappa shape index (κ1) is 12.8. The number of nitrogens with zero attached hydrogens (tertiary/aromatic N) is 1. The topological polar surface area (TPSA) is 24.9 Å². The van der Waals surface area contributed by atoms with Gasteiger partial charge in [0.15, 0.2) is 0 Å². The van der Waals surface area contributed by atoms with E-state index in [0.29, 0.717) is 0 Å². The molecule has 2 nitrogen and oxygen atoms in total. The molecule has 0 spiro atoms. The first-order valence-corrected chi connectivity index (χ1v) is 7.87. The molecule has 0 radical (unpaired) electrons. The van der Waals surface area contributed by atoms with E-state index in [0.717, 1.165) is 24.0 Å². The van der Waals surface area contributed by atoms with Crippen molar-refractivity contribution in [2.75, 3.05) is 0 Å². The summed E-state index contributed by atoms with van der Waals surface area (Å²) in [5, 5.41) is 4.71. The quantitative estimate of drug-likeness (QED) is 0.892. The fraction of sp³-hybridized carbons (Fsp3) is 0.438. The Kier molecular flexibility index (Phi) is 3.67. The molecule has 100 valence electrons. The van der Waals surface area contributed by atoms with Crippen molar-refractivity contribution in [2.45, 2.75) is 45.7 Å². The van der Waals surface area contributed by atoms with Gasteiger partial charge in [-0.15, -0.1) is 11.3 Å². The highest BCUT2D eigenvalue weighted by atomic mass is 32.1. The van der Waals surface area contributed by atoms with Crippen molar-refractivity contribution in [3.63, 3.8) is 0 Å². The molecule has 1 aliphatic rings. The zero-order valence-electron chi connectivity index (χ0n) is 11.6. The van der Waals surface area contributed by atoms with Crippen LogP contribution in [0.2, 0.25) is 0 Å². The van der Waals surface area contributed by atoms with E-state index in [9.17, 15) is 0 Å². The van der Waals surface area contributed by atoms with Crippen LogP contribution in [0.5, 0.6) is 0 Å². The zero-order valence-corrected chi connectivity index (χ0v) is 12.4. The van der Waals surface area contributed by atoms with Gasteiger partial charge in [-0.1, -0.05) is 31.2 Å². The lowest BCUT2D eigenvalue weighted by Gasteiger charge is -1.99. The monoisotopic (exact) mass is 272 g/mol. The van der Waals surface area contributed by atoms with Crippen LogP contribution in [-0.2, 0) is 13.0 Å². The number of hydrogen-bond donors (Lipinski definition) is 1. The van der Waals surface area contributed by atoms with Crippen LogP contribution in [0.4, 0.5) is 0 Å². The van der Waals surface area contributed by atoms with Crippen LogP contribution in [0.3, 0.4) is 0 Å². The van der Waals surface area contributed by atoms with E-state index in [4.69, 9.17) is 4.98 Å². The second-order valence-electron chi connectivity index (χ2n) is 5.23. The van der Waals surface area contributed by atoms with Crippen LogP contribution < -0.4 is 5.32 Å². The molecule has 0 bridgehead atoms. The third kappa shape index (κ3) is 3.04. The molecule has 1 fully saturated rings. The predicted molar refractivity (Wildman–Crippen MR) is 81.5 cm³/mol. The molecule has 3 rings (SSSR count). The average Bonchev–Trinajstić information content (AvgIpc) is 3.20. The molecule has 1 aliphatic carbocycles. The van der Waals surface area contributed by atoms with Crippen molar-refractivity contribution < 1.29 is 0 Å². The summed E-state index contributed by atoms with van der Waals surface area (Å²) < 4.78 is 0. The molecular formula is C16H20N2S. The molecule has 19 heavy (non-hydrogen) atoms. The second kappa shape index (κ2) is 5.43. The normalized spacial score (nSPS) is 14.8. The highest BCUT2D eigenvalue weighted by molar-refractivity contribution is 7.15. The molecule has 0 amide bonds. The molecular weight excluding hydrogens is 252 g/mol. The molecule has 2 aromatic rings. The van der Waals surface area contributed by atoms with Gasteiger partial charge in [-0.05, 0) is 31.7 Å². The summed E-state index contributed by atoms with van der Waals surface area (Å²) >= 11 is 1.82. The standard InChI is InChI=1S/C16H20N2S/c1-3-12-4-6-13(7-5-12)16-18-11(2)15(19-16)10-17-14-8-9-14/h4-7,14,17H,3,8-10H2,1-2H3. The summed E-state index contributed by atoms with van der Waals surface area (Å²) in [6.07, 6.45) is 3.76. The molecule has 1 aromatic heterocycles. The molecule has 1 aromatic carbocycles. The van der Waals surface area contributed by atoms with E-state index >= 15 is 0 Å². The van der Waals surface area contributed by atoms with E-state index in [1.54, 1.807) is 0 Å². The molecule has 1 saturated carbocycles.